The SMILES string of the molecule is CCCCCC[C@@H](NC(=O)[C@H](O)[C@@H](NC(=O)c1ccccc1)c1ccccc1)C(=O)OC. The number of hydrogen-bond donors (Lipinski definition) is 3. The number of nitrogens with one attached hydrogen (secondary N) is 2. The zero-order chi connectivity index (χ0) is 23.3. The summed E-state index contributed by atoms with van der Waals surface area (Å²) in [5, 5.41) is 16.2. The van der Waals surface area contributed by atoms with E-state index in [1.165, 1.54) is 7.11 Å². The van der Waals surface area contributed by atoms with Crippen molar-refractivity contribution >= 4 is 17.8 Å². The zero-order valence-electron chi connectivity index (χ0n) is 18.6. The second-order valence-electron chi connectivity index (χ2n) is 7.61. The van der Waals surface area contributed by atoms with Gasteiger partial charge in [0.1, 0.15) is 6.04 Å². The second-order valence-corrected chi connectivity index (χ2v) is 7.61. The van der Waals surface area contributed by atoms with Crippen LogP contribution in [0.3, 0.4) is 0 Å². The Bertz CT molecular complexity index is 857. The van der Waals surface area contributed by atoms with Crippen LogP contribution in [-0.4, -0.2) is 42.1 Å². The number of aliphatic hydroxyl groups excluding tert-OH is 1. The number of unbranched alkanes of at least 4 members (excludes halogenated alkanes) is 3. The van der Waals surface area contributed by atoms with Crippen LogP contribution < -0.4 is 10.6 Å². The van der Waals surface area contributed by atoms with Crippen molar-refractivity contribution in [2.45, 2.75) is 57.2 Å². The number of esters is 1. The number of benzene rings is 2. The Morgan fingerprint density at radius 2 is 1.53 bits per heavy atom. The lowest BCUT2D eigenvalue weighted by molar-refractivity contribution is -0.146. The number of carbonyl (C=O) groups is 3. The molecular weight excluding hydrogens is 408 g/mol. The van der Waals surface area contributed by atoms with Crippen LogP contribution in [-0.2, 0) is 14.3 Å². The van der Waals surface area contributed by atoms with Crippen LogP contribution in [0.2, 0.25) is 0 Å². The molecule has 0 aliphatic rings. The standard InChI is InChI=1S/C25H32N2O5/c1-3-4-5-12-17-20(25(31)32-2)26-24(30)22(28)21(18-13-8-6-9-14-18)27-23(29)19-15-10-7-11-16-19/h6-11,13-16,20-22,28H,3-5,12,17H2,1-2H3,(H,26,30)(H,27,29)/t20-,21+,22-/m1/s1. The third kappa shape index (κ3) is 7.50. The molecule has 7 heteroatoms. The zero-order valence-corrected chi connectivity index (χ0v) is 18.6. The summed E-state index contributed by atoms with van der Waals surface area (Å²) in [6, 6.07) is 15.4. The van der Waals surface area contributed by atoms with Crippen molar-refractivity contribution < 1.29 is 24.2 Å². The quantitative estimate of drug-likeness (QED) is 0.347. The minimum Gasteiger partial charge on any atom is -0.467 e. The molecule has 0 bridgehead atoms. The summed E-state index contributed by atoms with van der Waals surface area (Å²) >= 11 is 0. The molecule has 0 aromatic heterocycles. The van der Waals surface area contributed by atoms with Crippen LogP contribution in [0, 0.1) is 0 Å². The molecule has 0 aliphatic carbocycles. The van der Waals surface area contributed by atoms with Crippen LogP contribution in [0.25, 0.3) is 0 Å². The first kappa shape index (κ1) is 25.1. The van der Waals surface area contributed by atoms with E-state index in [1.807, 2.05) is 0 Å². The summed E-state index contributed by atoms with van der Waals surface area (Å²) in [4.78, 5) is 37.7. The van der Waals surface area contributed by atoms with Crippen molar-refractivity contribution in [2.24, 2.45) is 0 Å². The highest BCUT2D eigenvalue weighted by atomic mass is 16.5. The molecule has 0 saturated heterocycles. The molecule has 172 valence electrons. The molecule has 3 atom stereocenters. The molecule has 0 saturated carbocycles. The fourth-order valence-corrected chi connectivity index (χ4v) is 3.39. The first-order valence-electron chi connectivity index (χ1n) is 10.9. The lowest BCUT2D eigenvalue weighted by atomic mass is 9.99. The van der Waals surface area contributed by atoms with Crippen LogP contribution in [0.15, 0.2) is 60.7 Å². The van der Waals surface area contributed by atoms with E-state index in [0.29, 0.717) is 17.5 Å². The average molecular weight is 441 g/mol. The molecular formula is C25H32N2O5. The molecule has 0 fully saturated rings. The number of amides is 2. The van der Waals surface area contributed by atoms with E-state index in [-0.39, 0.29) is 0 Å². The van der Waals surface area contributed by atoms with Gasteiger partial charge in [-0.15, -0.1) is 0 Å². The maximum atomic E-state index is 12.9. The average Bonchev–Trinajstić information content (AvgIpc) is 2.84. The van der Waals surface area contributed by atoms with Gasteiger partial charge in [0.15, 0.2) is 6.10 Å². The van der Waals surface area contributed by atoms with Gasteiger partial charge in [-0.3, -0.25) is 9.59 Å². The third-order valence-electron chi connectivity index (χ3n) is 5.21. The molecule has 2 amide bonds. The van der Waals surface area contributed by atoms with Gasteiger partial charge >= 0.3 is 5.97 Å². The highest BCUT2D eigenvalue weighted by Gasteiger charge is 2.32. The van der Waals surface area contributed by atoms with Crippen molar-refractivity contribution in [3.05, 3.63) is 71.8 Å². The molecule has 0 aliphatic heterocycles. The topological polar surface area (TPSA) is 105 Å². The van der Waals surface area contributed by atoms with Gasteiger partial charge in [0.05, 0.1) is 13.2 Å². The van der Waals surface area contributed by atoms with E-state index in [2.05, 4.69) is 17.6 Å². The fourth-order valence-electron chi connectivity index (χ4n) is 3.39. The fraction of sp³-hybridized carbons (Fsp3) is 0.400. The predicted molar refractivity (Wildman–Crippen MR) is 122 cm³/mol. The molecule has 2 aromatic rings. The number of aliphatic hydroxyl groups is 1. The summed E-state index contributed by atoms with van der Waals surface area (Å²) < 4.78 is 4.81. The van der Waals surface area contributed by atoms with Crippen molar-refractivity contribution in [1.82, 2.24) is 10.6 Å². The van der Waals surface area contributed by atoms with E-state index < -0.39 is 36.0 Å². The molecule has 3 N–H and O–H groups in total. The van der Waals surface area contributed by atoms with Gasteiger partial charge in [-0.2, -0.15) is 0 Å². The number of rotatable bonds is 12. The van der Waals surface area contributed by atoms with Gasteiger partial charge in [0.25, 0.3) is 11.8 Å². The summed E-state index contributed by atoms with van der Waals surface area (Å²) in [7, 11) is 1.26. The lowest BCUT2D eigenvalue weighted by Gasteiger charge is -2.26. The summed E-state index contributed by atoms with van der Waals surface area (Å²) in [6.07, 6.45) is 2.57. The normalized spacial score (nSPS) is 13.5. The Morgan fingerprint density at radius 3 is 2.12 bits per heavy atom. The maximum Gasteiger partial charge on any atom is 0.328 e. The minimum atomic E-state index is -1.60. The van der Waals surface area contributed by atoms with Crippen LogP contribution >= 0.6 is 0 Å². The highest BCUT2D eigenvalue weighted by Crippen LogP contribution is 2.19. The first-order valence-corrected chi connectivity index (χ1v) is 10.9. The molecule has 0 heterocycles. The van der Waals surface area contributed by atoms with Crippen molar-refractivity contribution in [3.63, 3.8) is 0 Å². The van der Waals surface area contributed by atoms with E-state index in [0.717, 1.165) is 25.7 Å². The summed E-state index contributed by atoms with van der Waals surface area (Å²) in [5.74, 6) is -1.74. The first-order chi connectivity index (χ1) is 15.5. The monoisotopic (exact) mass is 440 g/mol. The molecule has 7 nitrogen and oxygen atoms in total. The van der Waals surface area contributed by atoms with Crippen molar-refractivity contribution in [3.8, 4) is 0 Å². The van der Waals surface area contributed by atoms with Crippen molar-refractivity contribution in [2.75, 3.05) is 7.11 Å². The van der Waals surface area contributed by atoms with Gasteiger partial charge < -0.3 is 20.5 Å². The van der Waals surface area contributed by atoms with Crippen molar-refractivity contribution in [1.29, 1.82) is 0 Å². The van der Waals surface area contributed by atoms with E-state index in [1.54, 1.807) is 60.7 Å². The Labute approximate surface area is 189 Å². The maximum absolute atomic E-state index is 12.9. The van der Waals surface area contributed by atoms with Crippen LogP contribution in [0.4, 0.5) is 0 Å². The Hall–Kier alpha value is -3.19. The molecule has 0 unspecified atom stereocenters. The van der Waals surface area contributed by atoms with Crippen LogP contribution in [0.1, 0.15) is 61.0 Å². The van der Waals surface area contributed by atoms with Gasteiger partial charge in [0, 0.05) is 5.56 Å². The Morgan fingerprint density at radius 1 is 0.906 bits per heavy atom. The summed E-state index contributed by atoms with van der Waals surface area (Å²) in [6.45, 7) is 2.09. The third-order valence-corrected chi connectivity index (χ3v) is 5.21. The predicted octanol–water partition coefficient (Wildman–Crippen LogP) is 3.15. The molecule has 0 spiro atoms. The molecule has 32 heavy (non-hydrogen) atoms. The molecule has 2 rings (SSSR count). The largest absolute Gasteiger partial charge is 0.467 e. The Balaban J connectivity index is 2.16. The highest BCUT2D eigenvalue weighted by molar-refractivity contribution is 5.95. The lowest BCUT2D eigenvalue weighted by Crippen LogP contribution is -2.50. The Kier molecular flexibility index (Phi) is 10.4. The number of ether oxygens (including phenoxy) is 1. The molecule has 0 radical (unpaired) electrons. The number of hydrogen-bond acceptors (Lipinski definition) is 5. The smallest absolute Gasteiger partial charge is 0.328 e. The second kappa shape index (κ2) is 13.3. The van der Waals surface area contributed by atoms with Gasteiger partial charge in [-0.25, -0.2) is 4.79 Å². The number of methoxy groups -OCH3 is 1. The van der Waals surface area contributed by atoms with E-state index >= 15 is 0 Å². The van der Waals surface area contributed by atoms with Crippen LogP contribution in [0.5, 0.6) is 0 Å². The van der Waals surface area contributed by atoms with E-state index in [9.17, 15) is 19.5 Å². The van der Waals surface area contributed by atoms with Gasteiger partial charge in [0.2, 0.25) is 0 Å². The van der Waals surface area contributed by atoms with E-state index in [4.69, 9.17) is 4.74 Å². The van der Waals surface area contributed by atoms with Gasteiger partial charge in [-0.1, -0.05) is 81.1 Å². The summed E-state index contributed by atoms with van der Waals surface area (Å²) in [5.41, 5.74) is 0.974. The van der Waals surface area contributed by atoms with Gasteiger partial charge in [-0.05, 0) is 24.1 Å². The number of carbonyl (C=O) groups excluding carboxylic acids is 3. The molecule has 2 aromatic carbocycles. The minimum absolute atomic E-state index is 0.407.